The summed E-state index contributed by atoms with van der Waals surface area (Å²) in [6.45, 7) is 2.15. The number of oxazole rings is 1. The Labute approximate surface area is 210 Å². The Kier molecular flexibility index (Phi) is 8.67. The summed E-state index contributed by atoms with van der Waals surface area (Å²) in [6, 6.07) is 21.7. The maximum atomic E-state index is 12.6. The standard InChI is InChI=1S/C28H30N4O4/c1-34-24-12-11-22(26(16-24)35-2)18-32(17-21-8-4-3-5-9-21)19-27-31-25(20-36-27)28(33)30-15-13-23-10-6-7-14-29-23/h3-12,14,16,20H,13,15,17-19H2,1-2H3,(H,30,33). The number of carbonyl (C=O) groups excluding carboxylic acids is 1. The van der Waals surface area contributed by atoms with Crippen molar-refractivity contribution in [3.05, 3.63) is 108 Å². The molecule has 1 N–H and O–H groups in total. The van der Waals surface area contributed by atoms with Crippen molar-refractivity contribution in [1.29, 1.82) is 0 Å². The summed E-state index contributed by atoms with van der Waals surface area (Å²) in [5.41, 5.74) is 3.34. The van der Waals surface area contributed by atoms with E-state index in [2.05, 4.69) is 32.3 Å². The van der Waals surface area contributed by atoms with E-state index in [-0.39, 0.29) is 11.6 Å². The molecule has 2 heterocycles. The predicted octanol–water partition coefficient (Wildman–Crippen LogP) is 4.26. The van der Waals surface area contributed by atoms with E-state index in [1.165, 1.54) is 6.26 Å². The molecule has 1 amide bonds. The van der Waals surface area contributed by atoms with E-state index in [1.807, 2.05) is 54.6 Å². The summed E-state index contributed by atoms with van der Waals surface area (Å²) in [7, 11) is 3.28. The van der Waals surface area contributed by atoms with E-state index in [1.54, 1.807) is 20.4 Å². The highest BCUT2D eigenvalue weighted by molar-refractivity contribution is 5.91. The van der Waals surface area contributed by atoms with Crippen LogP contribution in [-0.4, -0.2) is 41.5 Å². The summed E-state index contributed by atoms with van der Waals surface area (Å²) in [5, 5.41) is 2.88. The monoisotopic (exact) mass is 486 g/mol. The Morgan fingerprint density at radius 2 is 1.81 bits per heavy atom. The van der Waals surface area contributed by atoms with Crippen molar-refractivity contribution in [2.24, 2.45) is 0 Å². The first-order valence-corrected chi connectivity index (χ1v) is 11.7. The van der Waals surface area contributed by atoms with Gasteiger partial charge >= 0.3 is 0 Å². The van der Waals surface area contributed by atoms with Gasteiger partial charge in [-0.25, -0.2) is 4.98 Å². The van der Waals surface area contributed by atoms with Crippen LogP contribution in [0.25, 0.3) is 0 Å². The van der Waals surface area contributed by atoms with Gasteiger partial charge in [0.1, 0.15) is 17.8 Å². The third-order valence-electron chi connectivity index (χ3n) is 5.67. The molecule has 0 radical (unpaired) electrons. The van der Waals surface area contributed by atoms with Crippen LogP contribution in [0.5, 0.6) is 11.5 Å². The molecule has 0 spiro atoms. The van der Waals surface area contributed by atoms with E-state index in [0.29, 0.717) is 38.5 Å². The second kappa shape index (κ2) is 12.5. The Morgan fingerprint density at radius 3 is 2.56 bits per heavy atom. The third kappa shape index (κ3) is 6.93. The number of hydrogen-bond acceptors (Lipinski definition) is 7. The molecule has 8 heteroatoms. The van der Waals surface area contributed by atoms with Gasteiger partial charge in [-0.15, -0.1) is 0 Å². The van der Waals surface area contributed by atoms with Crippen LogP contribution in [0, 0.1) is 0 Å². The number of aromatic nitrogens is 2. The maximum Gasteiger partial charge on any atom is 0.273 e. The van der Waals surface area contributed by atoms with Crippen molar-refractivity contribution in [3.63, 3.8) is 0 Å². The van der Waals surface area contributed by atoms with Gasteiger partial charge in [-0.3, -0.25) is 14.7 Å². The van der Waals surface area contributed by atoms with Crippen molar-refractivity contribution in [1.82, 2.24) is 20.2 Å². The fraction of sp³-hybridized carbons (Fsp3) is 0.250. The number of nitrogens with one attached hydrogen (secondary N) is 1. The van der Waals surface area contributed by atoms with Gasteiger partial charge in [-0.1, -0.05) is 42.5 Å². The Balaban J connectivity index is 1.43. The lowest BCUT2D eigenvalue weighted by molar-refractivity contribution is 0.0949. The first kappa shape index (κ1) is 24.9. The summed E-state index contributed by atoms with van der Waals surface area (Å²) in [5.74, 6) is 1.67. The van der Waals surface area contributed by atoms with Crippen molar-refractivity contribution >= 4 is 5.91 Å². The second-order valence-corrected chi connectivity index (χ2v) is 8.26. The largest absolute Gasteiger partial charge is 0.497 e. The van der Waals surface area contributed by atoms with Gasteiger partial charge in [-0.2, -0.15) is 0 Å². The van der Waals surface area contributed by atoms with Crippen molar-refractivity contribution in [3.8, 4) is 11.5 Å². The fourth-order valence-electron chi connectivity index (χ4n) is 3.85. The van der Waals surface area contributed by atoms with Gasteiger partial charge in [0.25, 0.3) is 5.91 Å². The van der Waals surface area contributed by atoms with Crippen LogP contribution in [0.2, 0.25) is 0 Å². The maximum absolute atomic E-state index is 12.6. The normalized spacial score (nSPS) is 10.9. The molecule has 2 aromatic carbocycles. The Hall–Kier alpha value is -4.17. The molecule has 0 bridgehead atoms. The molecule has 36 heavy (non-hydrogen) atoms. The first-order valence-electron chi connectivity index (χ1n) is 11.7. The van der Waals surface area contributed by atoms with Gasteiger partial charge in [-0.05, 0) is 23.8 Å². The molecule has 4 aromatic rings. The number of rotatable bonds is 12. The van der Waals surface area contributed by atoms with E-state index in [4.69, 9.17) is 13.9 Å². The van der Waals surface area contributed by atoms with Gasteiger partial charge in [0, 0.05) is 49.6 Å². The molecular weight excluding hydrogens is 456 g/mol. The number of carbonyl (C=O) groups is 1. The molecule has 0 fully saturated rings. The van der Waals surface area contributed by atoms with Gasteiger partial charge in [0.05, 0.1) is 20.8 Å². The van der Waals surface area contributed by atoms with Crippen molar-refractivity contribution < 1.29 is 18.7 Å². The van der Waals surface area contributed by atoms with Crippen LogP contribution < -0.4 is 14.8 Å². The molecule has 4 rings (SSSR count). The Morgan fingerprint density at radius 1 is 0.972 bits per heavy atom. The van der Waals surface area contributed by atoms with Crippen LogP contribution in [0.3, 0.4) is 0 Å². The summed E-state index contributed by atoms with van der Waals surface area (Å²) in [6.07, 6.45) is 3.79. The topological polar surface area (TPSA) is 89.7 Å². The van der Waals surface area contributed by atoms with Gasteiger partial charge in [0.15, 0.2) is 5.69 Å². The van der Waals surface area contributed by atoms with Crippen molar-refractivity contribution in [2.75, 3.05) is 20.8 Å². The van der Waals surface area contributed by atoms with E-state index < -0.39 is 0 Å². The highest BCUT2D eigenvalue weighted by Crippen LogP contribution is 2.27. The number of nitrogens with zero attached hydrogens (tertiary/aromatic N) is 3. The molecule has 2 aromatic heterocycles. The lowest BCUT2D eigenvalue weighted by Gasteiger charge is -2.22. The SMILES string of the molecule is COc1ccc(CN(Cc2ccccc2)Cc2nc(C(=O)NCCc3ccccn3)co2)c(OC)c1. The fourth-order valence-corrected chi connectivity index (χ4v) is 3.85. The van der Waals surface area contributed by atoms with E-state index in [0.717, 1.165) is 28.3 Å². The number of pyridine rings is 1. The second-order valence-electron chi connectivity index (χ2n) is 8.26. The average Bonchev–Trinajstić information content (AvgIpc) is 3.38. The zero-order chi connectivity index (χ0) is 25.2. The van der Waals surface area contributed by atoms with Gasteiger partial charge in [0.2, 0.25) is 5.89 Å². The summed E-state index contributed by atoms with van der Waals surface area (Å²) >= 11 is 0. The van der Waals surface area contributed by atoms with Crippen LogP contribution in [0.15, 0.2) is 83.6 Å². The molecule has 0 unspecified atom stereocenters. The molecule has 0 aliphatic rings. The van der Waals surface area contributed by atoms with Crippen LogP contribution >= 0.6 is 0 Å². The molecule has 0 aliphatic carbocycles. The minimum Gasteiger partial charge on any atom is -0.497 e. The van der Waals surface area contributed by atoms with Crippen molar-refractivity contribution in [2.45, 2.75) is 26.1 Å². The zero-order valence-electron chi connectivity index (χ0n) is 20.5. The molecule has 0 atom stereocenters. The summed E-state index contributed by atoms with van der Waals surface area (Å²) in [4.78, 5) is 23.5. The highest BCUT2D eigenvalue weighted by atomic mass is 16.5. The molecule has 0 aliphatic heterocycles. The highest BCUT2D eigenvalue weighted by Gasteiger charge is 2.17. The van der Waals surface area contributed by atoms with Crippen LogP contribution in [0.1, 0.15) is 33.2 Å². The quantitative estimate of drug-likeness (QED) is 0.320. The predicted molar refractivity (Wildman–Crippen MR) is 136 cm³/mol. The molecule has 8 nitrogen and oxygen atoms in total. The van der Waals surface area contributed by atoms with Crippen LogP contribution in [0.4, 0.5) is 0 Å². The first-order chi connectivity index (χ1) is 17.6. The minimum absolute atomic E-state index is 0.257. The Bertz CT molecular complexity index is 1240. The molecule has 0 saturated carbocycles. The molecular formula is C28H30N4O4. The zero-order valence-corrected chi connectivity index (χ0v) is 20.5. The number of ether oxygens (including phenoxy) is 2. The third-order valence-corrected chi connectivity index (χ3v) is 5.67. The minimum atomic E-state index is -0.271. The molecule has 186 valence electrons. The smallest absolute Gasteiger partial charge is 0.273 e. The number of hydrogen-bond donors (Lipinski definition) is 1. The average molecular weight is 487 g/mol. The number of methoxy groups -OCH3 is 2. The summed E-state index contributed by atoms with van der Waals surface area (Å²) < 4.78 is 16.6. The number of amides is 1. The van der Waals surface area contributed by atoms with Crippen LogP contribution in [-0.2, 0) is 26.1 Å². The van der Waals surface area contributed by atoms with Gasteiger partial charge < -0.3 is 19.2 Å². The lowest BCUT2D eigenvalue weighted by atomic mass is 10.1. The number of benzene rings is 2. The molecule has 0 saturated heterocycles. The van der Waals surface area contributed by atoms with E-state index in [9.17, 15) is 4.79 Å². The lowest BCUT2D eigenvalue weighted by Crippen LogP contribution is -2.26. The van der Waals surface area contributed by atoms with E-state index >= 15 is 0 Å².